The van der Waals surface area contributed by atoms with Gasteiger partial charge in [0.25, 0.3) is 0 Å². The summed E-state index contributed by atoms with van der Waals surface area (Å²) in [6.45, 7) is 0. The number of imidazole rings is 1. The van der Waals surface area contributed by atoms with E-state index in [0.29, 0.717) is 0 Å². The van der Waals surface area contributed by atoms with Crippen LogP contribution in [-0.4, -0.2) is 21.9 Å². The molecule has 4 aromatic rings. The minimum absolute atomic E-state index is 0.0373. The van der Waals surface area contributed by atoms with Gasteiger partial charge in [0.05, 0.1) is 17.1 Å². The van der Waals surface area contributed by atoms with Gasteiger partial charge in [-0.2, -0.15) is 0 Å². The lowest BCUT2D eigenvalue weighted by Crippen LogP contribution is -2.39. The molecule has 0 saturated carbocycles. The van der Waals surface area contributed by atoms with Crippen molar-refractivity contribution >= 4 is 34.0 Å². The van der Waals surface area contributed by atoms with Crippen LogP contribution >= 0.6 is 11.3 Å². The number of rotatable bonds is 6. The highest BCUT2D eigenvalue weighted by Gasteiger charge is 2.30. The summed E-state index contributed by atoms with van der Waals surface area (Å²) < 4.78 is 0. The maximum Gasteiger partial charge on any atom is 0.242 e. The smallest absolute Gasteiger partial charge is 0.242 e. The highest BCUT2D eigenvalue weighted by molar-refractivity contribution is 7.10. The first kappa shape index (κ1) is 19.0. The quantitative estimate of drug-likeness (QED) is 0.383. The van der Waals surface area contributed by atoms with Gasteiger partial charge in [-0.3, -0.25) is 4.79 Å². The zero-order valence-electron chi connectivity index (χ0n) is 16.4. The van der Waals surface area contributed by atoms with Crippen molar-refractivity contribution in [2.24, 2.45) is 0 Å². The summed E-state index contributed by atoms with van der Waals surface area (Å²) in [5.74, 6) is 0.919. The number of hydrazine groups is 1. The molecule has 0 aliphatic carbocycles. The maximum absolute atomic E-state index is 12.7. The Morgan fingerprint density at radius 2 is 1.97 bits per heavy atom. The average Bonchev–Trinajstić information content (AvgIpc) is 3.52. The van der Waals surface area contributed by atoms with Gasteiger partial charge >= 0.3 is 0 Å². The molecule has 1 amide bonds. The summed E-state index contributed by atoms with van der Waals surface area (Å²) in [7, 11) is 0. The maximum atomic E-state index is 12.7. The van der Waals surface area contributed by atoms with Gasteiger partial charge in [-0.05, 0) is 48.1 Å². The first-order chi connectivity index (χ1) is 14.7. The molecule has 3 heterocycles. The highest BCUT2D eigenvalue weighted by atomic mass is 32.1. The molecule has 1 aliphatic rings. The molecule has 2 aromatic heterocycles. The van der Waals surface area contributed by atoms with Crippen LogP contribution in [0.25, 0.3) is 11.0 Å². The minimum Gasteiger partial charge on any atom is -0.342 e. The van der Waals surface area contributed by atoms with Gasteiger partial charge in [-0.15, -0.1) is 11.3 Å². The van der Waals surface area contributed by atoms with Gasteiger partial charge in [0.1, 0.15) is 11.9 Å². The molecule has 2 aromatic carbocycles. The number of benzene rings is 2. The van der Waals surface area contributed by atoms with E-state index in [1.807, 2.05) is 30.3 Å². The molecule has 2 unspecified atom stereocenters. The number of carbonyl (C=O) groups is 1. The largest absolute Gasteiger partial charge is 0.342 e. The second kappa shape index (κ2) is 8.39. The van der Waals surface area contributed by atoms with Crippen LogP contribution in [0.2, 0.25) is 0 Å². The van der Waals surface area contributed by atoms with Crippen LogP contribution < -0.4 is 16.2 Å². The average molecular weight is 418 g/mol. The number of hydrogen-bond acceptors (Lipinski definition) is 5. The summed E-state index contributed by atoms with van der Waals surface area (Å²) in [6.07, 6.45) is 2.51. The topological polar surface area (TPSA) is 81.8 Å². The Balaban J connectivity index is 1.22. The molecule has 0 bridgehead atoms. The van der Waals surface area contributed by atoms with Crippen molar-refractivity contribution < 1.29 is 4.79 Å². The van der Waals surface area contributed by atoms with E-state index in [1.54, 1.807) is 11.3 Å². The monoisotopic (exact) mass is 417 g/mol. The standard InChI is InChI=1S/C23H23N5OS/c29-23(20-14-19(27-28-20)21-7-4-12-30-21)24-16-9-10-17-18(13-16)26-22(25-17)11-8-15-5-2-1-3-6-15/h1-7,9-10,12-13,19-20,27-28H,8,11,14H2,(H,24,29)(H,25,26). The SMILES string of the molecule is O=C(Nc1ccc2nc(CCc3ccccc3)[nH]c2c1)C1CC(c2cccs2)NN1. The van der Waals surface area contributed by atoms with Crippen molar-refractivity contribution in [3.05, 3.63) is 82.3 Å². The number of H-pyrrole nitrogens is 1. The molecule has 0 radical (unpaired) electrons. The van der Waals surface area contributed by atoms with Crippen LogP contribution in [-0.2, 0) is 17.6 Å². The van der Waals surface area contributed by atoms with Crippen LogP contribution in [0.3, 0.4) is 0 Å². The molecule has 4 N–H and O–H groups in total. The van der Waals surface area contributed by atoms with Crippen LogP contribution in [0.5, 0.6) is 0 Å². The number of aromatic nitrogens is 2. The van der Waals surface area contributed by atoms with Crippen LogP contribution in [0.4, 0.5) is 5.69 Å². The van der Waals surface area contributed by atoms with Crippen molar-refractivity contribution in [3.8, 4) is 0 Å². The third-order valence-electron chi connectivity index (χ3n) is 5.40. The zero-order chi connectivity index (χ0) is 20.3. The summed E-state index contributed by atoms with van der Waals surface area (Å²) in [4.78, 5) is 22.0. The molecule has 30 heavy (non-hydrogen) atoms. The third-order valence-corrected chi connectivity index (χ3v) is 6.38. The molecule has 5 rings (SSSR count). The number of aryl methyl sites for hydroxylation is 2. The van der Waals surface area contributed by atoms with Crippen molar-refractivity contribution in [2.45, 2.75) is 31.3 Å². The zero-order valence-corrected chi connectivity index (χ0v) is 17.2. The first-order valence-corrected chi connectivity index (χ1v) is 11.0. The van der Waals surface area contributed by atoms with E-state index >= 15 is 0 Å². The Kier molecular flexibility index (Phi) is 5.31. The lowest BCUT2D eigenvalue weighted by molar-refractivity contribution is -0.117. The number of nitrogens with one attached hydrogen (secondary N) is 4. The summed E-state index contributed by atoms with van der Waals surface area (Å²) in [5.41, 5.74) is 10.2. The van der Waals surface area contributed by atoms with Gasteiger partial charge in [0.15, 0.2) is 0 Å². The fourth-order valence-electron chi connectivity index (χ4n) is 3.80. The fraction of sp³-hybridized carbons (Fsp3) is 0.217. The molecular formula is C23H23N5OS. The number of anilines is 1. The minimum atomic E-state index is -0.268. The van der Waals surface area contributed by atoms with Crippen molar-refractivity contribution in [1.82, 2.24) is 20.8 Å². The Bertz CT molecular complexity index is 1140. The van der Waals surface area contributed by atoms with Crippen molar-refractivity contribution in [3.63, 3.8) is 0 Å². The van der Waals surface area contributed by atoms with Gasteiger partial charge in [0, 0.05) is 17.0 Å². The van der Waals surface area contributed by atoms with Crippen LogP contribution in [0, 0.1) is 0 Å². The molecule has 1 saturated heterocycles. The molecule has 152 valence electrons. The molecule has 6 nitrogen and oxygen atoms in total. The second-order valence-electron chi connectivity index (χ2n) is 7.54. The number of fused-ring (bicyclic) bond motifs is 1. The summed E-state index contributed by atoms with van der Waals surface area (Å²) >= 11 is 1.70. The van der Waals surface area contributed by atoms with Gasteiger partial charge in [-0.1, -0.05) is 36.4 Å². The molecule has 1 fully saturated rings. The van der Waals surface area contributed by atoms with Gasteiger partial charge in [0.2, 0.25) is 5.91 Å². The molecular weight excluding hydrogens is 394 g/mol. The number of hydrogen-bond donors (Lipinski definition) is 4. The highest BCUT2D eigenvalue weighted by Crippen LogP contribution is 2.26. The molecule has 2 atom stereocenters. The second-order valence-corrected chi connectivity index (χ2v) is 8.51. The molecule has 7 heteroatoms. The summed E-state index contributed by atoms with van der Waals surface area (Å²) in [6, 6.07) is 20.2. The van der Waals surface area contributed by atoms with Crippen molar-refractivity contribution in [1.29, 1.82) is 0 Å². The fourth-order valence-corrected chi connectivity index (χ4v) is 4.59. The van der Waals surface area contributed by atoms with E-state index < -0.39 is 0 Å². The predicted octanol–water partition coefficient (Wildman–Crippen LogP) is 3.96. The molecule has 1 aliphatic heterocycles. The number of aromatic amines is 1. The van der Waals surface area contributed by atoms with Gasteiger partial charge in [-0.25, -0.2) is 15.8 Å². The lowest BCUT2D eigenvalue weighted by Gasteiger charge is -2.10. The van der Waals surface area contributed by atoms with E-state index in [0.717, 1.165) is 41.8 Å². The first-order valence-electron chi connectivity index (χ1n) is 10.1. The van der Waals surface area contributed by atoms with E-state index in [4.69, 9.17) is 0 Å². The number of carbonyl (C=O) groups excluding carboxylic acids is 1. The Hall–Kier alpha value is -3.00. The summed E-state index contributed by atoms with van der Waals surface area (Å²) in [5, 5.41) is 5.08. The Labute approximate surface area is 178 Å². The van der Waals surface area contributed by atoms with Crippen LogP contribution in [0.1, 0.15) is 28.7 Å². The number of amides is 1. The number of nitrogens with zero attached hydrogens (tertiary/aromatic N) is 1. The molecule has 0 spiro atoms. The predicted molar refractivity (Wildman–Crippen MR) is 120 cm³/mol. The van der Waals surface area contributed by atoms with E-state index in [-0.39, 0.29) is 18.0 Å². The van der Waals surface area contributed by atoms with E-state index in [1.165, 1.54) is 10.4 Å². The Morgan fingerprint density at radius 1 is 1.07 bits per heavy atom. The van der Waals surface area contributed by atoms with E-state index in [2.05, 4.69) is 61.8 Å². The van der Waals surface area contributed by atoms with Crippen molar-refractivity contribution in [2.75, 3.05) is 5.32 Å². The normalized spacial score (nSPS) is 18.7. The third kappa shape index (κ3) is 4.14. The lowest BCUT2D eigenvalue weighted by atomic mass is 10.1. The number of thiophene rings is 1. The Morgan fingerprint density at radius 3 is 2.80 bits per heavy atom. The van der Waals surface area contributed by atoms with E-state index in [9.17, 15) is 4.79 Å². The van der Waals surface area contributed by atoms with Gasteiger partial charge < -0.3 is 10.3 Å². The van der Waals surface area contributed by atoms with Crippen LogP contribution in [0.15, 0.2) is 66.0 Å².